The van der Waals surface area contributed by atoms with E-state index >= 15 is 0 Å². The van der Waals surface area contributed by atoms with Gasteiger partial charge in [0.1, 0.15) is 55.4 Å². The maximum Gasteiger partial charge on any atom is 0.306 e. The van der Waals surface area contributed by atoms with E-state index in [9.17, 15) is 45.3 Å². The maximum atomic E-state index is 12.9. The Balaban J connectivity index is 1.84. The largest absolute Gasteiger partial charge is 0.462 e. The van der Waals surface area contributed by atoms with Crippen molar-refractivity contribution in [3.8, 4) is 0 Å². The summed E-state index contributed by atoms with van der Waals surface area (Å²) in [6.07, 6.45) is 14.0. The van der Waals surface area contributed by atoms with Crippen LogP contribution in [-0.4, -0.2) is 142 Å². The quantitative estimate of drug-likeness (QED) is 0.0236. The van der Waals surface area contributed by atoms with E-state index in [2.05, 4.69) is 26.0 Å². The predicted molar refractivity (Wildman–Crippen MR) is 229 cm³/mol. The van der Waals surface area contributed by atoms with Crippen molar-refractivity contribution >= 4 is 11.9 Å². The van der Waals surface area contributed by atoms with Crippen LogP contribution in [-0.2, 0) is 38.0 Å². The number of esters is 2. The molecule has 11 atom stereocenters. The number of allylic oxidation sites excluding steroid dienone is 2. The highest BCUT2D eigenvalue weighted by Gasteiger charge is 2.47. The second kappa shape index (κ2) is 34.6. The molecule has 0 saturated carbocycles. The van der Waals surface area contributed by atoms with Crippen molar-refractivity contribution in [1.29, 1.82) is 0 Å². The number of aliphatic hydroxyl groups is 7. The average Bonchev–Trinajstić information content (AvgIpc) is 3.25. The van der Waals surface area contributed by atoms with Gasteiger partial charge in [0.15, 0.2) is 18.7 Å². The lowest BCUT2D eigenvalue weighted by atomic mass is 9.98. The first kappa shape index (κ1) is 55.4. The predicted octanol–water partition coefficient (Wildman–Crippen LogP) is 5.43. The van der Waals surface area contributed by atoms with Crippen molar-refractivity contribution in [2.24, 2.45) is 0 Å². The Bertz CT molecular complexity index is 1120. The van der Waals surface area contributed by atoms with Crippen LogP contribution < -0.4 is 0 Å². The van der Waals surface area contributed by atoms with Crippen molar-refractivity contribution in [3.63, 3.8) is 0 Å². The molecule has 0 aromatic carbocycles. The van der Waals surface area contributed by atoms with Crippen molar-refractivity contribution < 1.29 is 73.8 Å². The molecule has 2 saturated heterocycles. The lowest BCUT2D eigenvalue weighted by Gasteiger charge is -2.42. The van der Waals surface area contributed by atoms with E-state index in [4.69, 9.17) is 28.4 Å². The number of rotatable bonds is 36. The van der Waals surface area contributed by atoms with Crippen LogP contribution in [0.4, 0.5) is 0 Å². The highest BCUT2D eigenvalue weighted by Crippen LogP contribution is 2.26. The molecule has 0 bridgehead atoms. The Morgan fingerprint density at radius 3 is 1.49 bits per heavy atom. The molecule has 15 heteroatoms. The van der Waals surface area contributed by atoms with Crippen LogP contribution in [0.3, 0.4) is 0 Å². The molecular weight excluding hydrogens is 792 g/mol. The number of carbonyl (C=O) groups is 2. The van der Waals surface area contributed by atoms with Crippen molar-refractivity contribution in [1.82, 2.24) is 0 Å². The second-order valence-corrected chi connectivity index (χ2v) is 16.9. The summed E-state index contributed by atoms with van der Waals surface area (Å²) in [5, 5.41) is 71.9. The van der Waals surface area contributed by atoms with E-state index in [0.717, 1.165) is 57.8 Å². The molecule has 7 N–H and O–H groups in total. The average molecular weight is 877 g/mol. The smallest absolute Gasteiger partial charge is 0.306 e. The molecule has 61 heavy (non-hydrogen) atoms. The summed E-state index contributed by atoms with van der Waals surface area (Å²) in [5.74, 6) is -0.931. The zero-order valence-corrected chi connectivity index (χ0v) is 37.4. The highest BCUT2D eigenvalue weighted by atomic mass is 16.7. The van der Waals surface area contributed by atoms with Crippen molar-refractivity contribution in [2.45, 2.75) is 242 Å². The van der Waals surface area contributed by atoms with Gasteiger partial charge in [-0.3, -0.25) is 9.59 Å². The van der Waals surface area contributed by atoms with Gasteiger partial charge in [-0.25, -0.2) is 0 Å². The van der Waals surface area contributed by atoms with Crippen LogP contribution in [0.2, 0.25) is 0 Å². The third kappa shape index (κ3) is 23.7. The zero-order chi connectivity index (χ0) is 44.7. The van der Waals surface area contributed by atoms with E-state index in [0.29, 0.717) is 12.8 Å². The van der Waals surface area contributed by atoms with Crippen molar-refractivity contribution in [2.75, 3.05) is 26.4 Å². The molecule has 0 amide bonds. The van der Waals surface area contributed by atoms with Crippen LogP contribution in [0, 0.1) is 0 Å². The molecule has 0 aromatic heterocycles. The Kier molecular flexibility index (Phi) is 31.4. The summed E-state index contributed by atoms with van der Waals surface area (Å²) in [6, 6.07) is 0. The summed E-state index contributed by atoms with van der Waals surface area (Å²) in [6.45, 7) is 2.54. The molecule has 2 heterocycles. The topological polar surface area (TPSA) is 231 Å². The first-order valence-corrected chi connectivity index (χ1v) is 23.8. The normalized spacial score (nSPS) is 27.4. The van der Waals surface area contributed by atoms with Crippen LogP contribution in [0.25, 0.3) is 0 Å². The lowest BCUT2D eigenvalue weighted by Crippen LogP contribution is -2.61. The Hall–Kier alpha value is -1.76. The second-order valence-electron chi connectivity index (χ2n) is 16.9. The van der Waals surface area contributed by atoms with Gasteiger partial charge in [-0.1, -0.05) is 142 Å². The third-order valence-electron chi connectivity index (χ3n) is 11.5. The van der Waals surface area contributed by atoms with E-state index in [1.807, 2.05) is 0 Å². The summed E-state index contributed by atoms with van der Waals surface area (Å²) in [5.41, 5.74) is 0. The van der Waals surface area contributed by atoms with Gasteiger partial charge in [-0.15, -0.1) is 0 Å². The Morgan fingerprint density at radius 1 is 0.508 bits per heavy atom. The van der Waals surface area contributed by atoms with Gasteiger partial charge in [0.2, 0.25) is 0 Å². The molecule has 0 aromatic rings. The summed E-state index contributed by atoms with van der Waals surface area (Å²) in [4.78, 5) is 25.6. The minimum atomic E-state index is -1.76. The van der Waals surface area contributed by atoms with Gasteiger partial charge in [0, 0.05) is 12.8 Å². The number of carbonyl (C=O) groups excluding carboxylic acids is 2. The number of unbranched alkanes of at least 4 members (excludes halogenated alkanes) is 20. The van der Waals surface area contributed by atoms with Gasteiger partial charge in [-0.2, -0.15) is 0 Å². The molecule has 11 unspecified atom stereocenters. The van der Waals surface area contributed by atoms with Crippen LogP contribution >= 0.6 is 0 Å². The zero-order valence-electron chi connectivity index (χ0n) is 37.4. The minimum Gasteiger partial charge on any atom is -0.462 e. The van der Waals surface area contributed by atoms with E-state index in [1.165, 1.54) is 77.0 Å². The maximum absolute atomic E-state index is 12.9. The number of ether oxygens (including phenoxy) is 6. The minimum absolute atomic E-state index is 0.158. The first-order valence-electron chi connectivity index (χ1n) is 23.8. The van der Waals surface area contributed by atoms with E-state index in [-0.39, 0.29) is 26.1 Å². The Morgan fingerprint density at radius 2 is 0.951 bits per heavy atom. The standard InChI is InChI=1S/C46H84O15/c1-3-5-7-9-11-13-15-16-17-19-20-22-24-26-28-37(48)56-31-34(59-38(49)29-27-25-23-21-18-14-12-10-8-6-4-2)32-57-45-44(55)42(53)40(51)36(61-45)33-58-46-43(54)41(52)39(50)35(30-47)60-46/h10,12,34-36,39-47,50-55H,3-9,11,13-33H2,1-2H3/b12-10-. The molecule has 0 spiro atoms. The molecule has 0 aliphatic carbocycles. The van der Waals surface area contributed by atoms with Gasteiger partial charge in [0.25, 0.3) is 0 Å². The summed E-state index contributed by atoms with van der Waals surface area (Å²) in [7, 11) is 0. The fraction of sp³-hybridized carbons (Fsp3) is 0.913. The summed E-state index contributed by atoms with van der Waals surface area (Å²) < 4.78 is 33.5. The molecule has 2 aliphatic heterocycles. The van der Waals surface area contributed by atoms with Crippen LogP contribution in [0.5, 0.6) is 0 Å². The molecule has 15 nitrogen and oxygen atoms in total. The molecule has 2 aliphatic rings. The SMILES string of the molecule is CCCC/C=C\CCCCCCCC(=O)OC(COC(=O)CCCCCCCCCCCCCCCC)COC1OC(COC2OC(CO)C(O)C(O)C2O)C(O)C(O)C1O. The lowest BCUT2D eigenvalue weighted by molar-refractivity contribution is -0.332. The molecule has 2 rings (SSSR count). The molecular formula is C46H84O15. The van der Waals surface area contributed by atoms with Crippen LogP contribution in [0.1, 0.15) is 174 Å². The third-order valence-corrected chi connectivity index (χ3v) is 11.5. The van der Waals surface area contributed by atoms with Gasteiger partial charge in [0.05, 0.1) is 19.8 Å². The van der Waals surface area contributed by atoms with Gasteiger partial charge < -0.3 is 64.2 Å². The monoisotopic (exact) mass is 877 g/mol. The molecule has 358 valence electrons. The fourth-order valence-electron chi connectivity index (χ4n) is 7.49. The number of aliphatic hydroxyl groups excluding tert-OH is 7. The number of hydrogen-bond acceptors (Lipinski definition) is 15. The Labute approximate surface area is 365 Å². The molecule has 0 radical (unpaired) electrons. The van der Waals surface area contributed by atoms with Gasteiger partial charge in [-0.05, 0) is 32.1 Å². The highest BCUT2D eigenvalue weighted by molar-refractivity contribution is 5.70. The van der Waals surface area contributed by atoms with Crippen molar-refractivity contribution in [3.05, 3.63) is 12.2 Å². The van der Waals surface area contributed by atoms with Gasteiger partial charge >= 0.3 is 11.9 Å². The number of hydrogen-bond donors (Lipinski definition) is 7. The van der Waals surface area contributed by atoms with E-state index in [1.54, 1.807) is 0 Å². The summed E-state index contributed by atoms with van der Waals surface area (Å²) >= 11 is 0. The van der Waals surface area contributed by atoms with Crippen LogP contribution in [0.15, 0.2) is 12.2 Å². The first-order chi connectivity index (χ1) is 29.5. The molecule has 2 fully saturated rings. The fourth-order valence-corrected chi connectivity index (χ4v) is 7.49. The van der Waals surface area contributed by atoms with E-state index < -0.39 is 92.7 Å².